The summed E-state index contributed by atoms with van der Waals surface area (Å²) in [5, 5.41) is 14.8. The highest BCUT2D eigenvalue weighted by molar-refractivity contribution is 7.99. The van der Waals surface area contributed by atoms with E-state index in [9.17, 15) is 9.59 Å². The third kappa shape index (κ3) is 5.23. The fourth-order valence-corrected chi connectivity index (χ4v) is 4.25. The number of hydrogen-bond acceptors (Lipinski definition) is 5. The van der Waals surface area contributed by atoms with Gasteiger partial charge in [0, 0.05) is 17.6 Å². The van der Waals surface area contributed by atoms with E-state index in [0.29, 0.717) is 16.4 Å². The van der Waals surface area contributed by atoms with Gasteiger partial charge >= 0.3 is 0 Å². The molecule has 0 unspecified atom stereocenters. The Kier molecular flexibility index (Phi) is 6.74. The monoisotopic (exact) mass is 459 g/mol. The van der Waals surface area contributed by atoms with Crippen molar-refractivity contribution in [1.29, 1.82) is 0 Å². The molecular weight excluding hydrogens is 434 g/mol. The van der Waals surface area contributed by atoms with Crippen molar-refractivity contribution >= 4 is 40.6 Å². The van der Waals surface area contributed by atoms with Crippen LogP contribution in [0, 0.1) is 13.8 Å². The number of thioether (sulfide) groups is 1. The van der Waals surface area contributed by atoms with Crippen LogP contribution in [0.3, 0.4) is 0 Å². The van der Waals surface area contributed by atoms with E-state index < -0.39 is 0 Å². The minimum Gasteiger partial charge on any atom is -0.325 e. The van der Waals surface area contributed by atoms with E-state index in [1.165, 1.54) is 11.8 Å². The van der Waals surface area contributed by atoms with Crippen LogP contribution >= 0.6 is 11.8 Å². The molecule has 0 atom stereocenters. The van der Waals surface area contributed by atoms with Gasteiger partial charge in [0.05, 0.1) is 11.3 Å². The first-order valence-corrected chi connectivity index (χ1v) is 11.7. The molecule has 168 valence electrons. The smallest absolute Gasteiger partial charge is 0.257 e. The van der Waals surface area contributed by atoms with Gasteiger partial charge in [0.25, 0.3) is 5.91 Å². The molecule has 4 aromatic rings. The van der Waals surface area contributed by atoms with Gasteiger partial charge < -0.3 is 10.6 Å². The molecule has 0 radical (unpaired) electrons. The molecule has 2 amide bonds. The molecule has 0 aliphatic heterocycles. The molecule has 7 nitrogen and oxygen atoms in total. The van der Waals surface area contributed by atoms with Crippen LogP contribution in [0.4, 0.5) is 11.4 Å². The molecular formula is C25H25N5O2S. The summed E-state index contributed by atoms with van der Waals surface area (Å²) >= 11 is 1.28. The van der Waals surface area contributed by atoms with Crippen molar-refractivity contribution < 1.29 is 9.59 Å². The third-order valence-electron chi connectivity index (χ3n) is 5.25. The van der Waals surface area contributed by atoms with Crippen LogP contribution in [0.1, 0.15) is 34.0 Å². The highest BCUT2D eigenvalue weighted by atomic mass is 32.2. The van der Waals surface area contributed by atoms with E-state index in [1.807, 2.05) is 56.3 Å². The maximum absolute atomic E-state index is 12.7. The summed E-state index contributed by atoms with van der Waals surface area (Å²) < 4.78 is 1.73. The van der Waals surface area contributed by atoms with Crippen molar-refractivity contribution in [2.45, 2.75) is 32.3 Å². The molecule has 0 saturated carbocycles. The molecule has 8 heteroatoms. The molecule has 0 aliphatic rings. The van der Waals surface area contributed by atoms with Crippen LogP contribution in [-0.2, 0) is 11.2 Å². The van der Waals surface area contributed by atoms with Gasteiger partial charge in [0.1, 0.15) is 0 Å². The first-order chi connectivity index (χ1) is 15.9. The number of nitrogens with zero attached hydrogens (tertiary/aromatic N) is 3. The predicted octanol–water partition coefficient (Wildman–Crippen LogP) is 4.89. The third-order valence-corrected chi connectivity index (χ3v) is 6.19. The molecule has 0 aliphatic carbocycles. The Morgan fingerprint density at radius 2 is 1.82 bits per heavy atom. The van der Waals surface area contributed by atoms with E-state index >= 15 is 0 Å². The number of rotatable bonds is 7. The summed E-state index contributed by atoms with van der Waals surface area (Å²) in [5.74, 6) is -0.163. The molecule has 0 spiro atoms. The number of para-hydroxylation sites is 1. The van der Waals surface area contributed by atoms with E-state index in [0.717, 1.165) is 34.5 Å². The number of carbonyl (C=O) groups excluding carboxylic acids is 2. The number of benzene rings is 2. The number of amides is 2. The minimum absolute atomic E-state index is 0.117. The quantitative estimate of drug-likeness (QED) is 0.384. The van der Waals surface area contributed by atoms with Crippen molar-refractivity contribution in [3.8, 4) is 0 Å². The van der Waals surface area contributed by atoms with Gasteiger partial charge in [-0.2, -0.15) is 0 Å². The number of aromatic nitrogens is 3. The van der Waals surface area contributed by atoms with Gasteiger partial charge in [-0.1, -0.05) is 49.0 Å². The first kappa shape index (κ1) is 22.5. The summed E-state index contributed by atoms with van der Waals surface area (Å²) in [7, 11) is 0. The zero-order chi connectivity index (χ0) is 23.4. The normalized spacial score (nSPS) is 10.9. The largest absolute Gasteiger partial charge is 0.325 e. The maximum atomic E-state index is 12.7. The predicted molar refractivity (Wildman–Crippen MR) is 132 cm³/mol. The van der Waals surface area contributed by atoms with Crippen LogP contribution in [0.25, 0.3) is 5.65 Å². The maximum Gasteiger partial charge on any atom is 0.257 e. The van der Waals surface area contributed by atoms with Crippen molar-refractivity contribution in [2.24, 2.45) is 0 Å². The van der Waals surface area contributed by atoms with E-state index in [4.69, 9.17) is 0 Å². The van der Waals surface area contributed by atoms with Crippen LogP contribution in [0.15, 0.2) is 66.0 Å². The Morgan fingerprint density at radius 1 is 1.00 bits per heavy atom. The molecule has 2 aromatic carbocycles. The van der Waals surface area contributed by atoms with Gasteiger partial charge in [0.15, 0.2) is 10.8 Å². The summed E-state index contributed by atoms with van der Waals surface area (Å²) in [6.07, 6.45) is 2.53. The summed E-state index contributed by atoms with van der Waals surface area (Å²) in [6.45, 7) is 6.02. The second kappa shape index (κ2) is 9.87. The van der Waals surface area contributed by atoms with Crippen molar-refractivity contribution in [1.82, 2.24) is 14.6 Å². The fraction of sp³-hybridized carbons (Fsp3) is 0.200. The zero-order valence-electron chi connectivity index (χ0n) is 18.8. The summed E-state index contributed by atoms with van der Waals surface area (Å²) in [4.78, 5) is 25.3. The van der Waals surface area contributed by atoms with Crippen LogP contribution in [0.2, 0.25) is 0 Å². The van der Waals surface area contributed by atoms with Gasteiger partial charge in [-0.25, -0.2) is 0 Å². The lowest BCUT2D eigenvalue weighted by Crippen LogP contribution is -2.16. The van der Waals surface area contributed by atoms with E-state index in [2.05, 4.69) is 27.8 Å². The van der Waals surface area contributed by atoms with E-state index in [-0.39, 0.29) is 17.6 Å². The number of hydrogen-bond donors (Lipinski definition) is 2. The number of carbonyl (C=O) groups is 2. The molecule has 0 fully saturated rings. The zero-order valence-corrected chi connectivity index (χ0v) is 19.6. The standard InChI is InChI=1S/C25H25N5O2S/c1-4-18-9-6-8-17(3)23(18)27-22(31)15-33-25-29-28-21-12-11-19(14-30(21)25)24(32)26-20-10-5-7-16(2)13-20/h5-14H,4,15H2,1-3H3,(H,26,32)(H,27,31). The molecule has 33 heavy (non-hydrogen) atoms. The van der Waals surface area contributed by atoms with Crippen molar-refractivity contribution in [3.63, 3.8) is 0 Å². The van der Waals surface area contributed by atoms with Gasteiger partial charge in [0.2, 0.25) is 5.91 Å². The topological polar surface area (TPSA) is 88.4 Å². The molecule has 0 bridgehead atoms. The second-order valence-electron chi connectivity index (χ2n) is 7.75. The molecule has 2 N–H and O–H groups in total. The van der Waals surface area contributed by atoms with Crippen LogP contribution in [-0.4, -0.2) is 32.2 Å². The Balaban J connectivity index is 1.46. The lowest BCUT2D eigenvalue weighted by Gasteiger charge is -2.12. The molecule has 4 rings (SSSR count). The molecule has 0 saturated heterocycles. The second-order valence-corrected chi connectivity index (χ2v) is 8.69. The average Bonchev–Trinajstić information content (AvgIpc) is 3.21. The van der Waals surface area contributed by atoms with E-state index in [1.54, 1.807) is 22.7 Å². The Labute approximate surface area is 196 Å². The SMILES string of the molecule is CCc1cccc(C)c1NC(=O)CSc1nnc2ccc(C(=O)Nc3cccc(C)c3)cn12. The summed E-state index contributed by atoms with van der Waals surface area (Å²) in [6, 6.07) is 17.1. The van der Waals surface area contributed by atoms with Gasteiger partial charge in [-0.3, -0.25) is 14.0 Å². The summed E-state index contributed by atoms with van der Waals surface area (Å²) in [5.41, 5.74) is 5.88. The number of nitrogens with one attached hydrogen (secondary N) is 2. The van der Waals surface area contributed by atoms with Crippen LogP contribution in [0.5, 0.6) is 0 Å². The lowest BCUT2D eigenvalue weighted by molar-refractivity contribution is -0.113. The molecule has 2 aromatic heterocycles. The van der Waals surface area contributed by atoms with Gasteiger partial charge in [-0.05, 0) is 61.2 Å². The number of aryl methyl sites for hydroxylation is 3. The van der Waals surface area contributed by atoms with Crippen LogP contribution < -0.4 is 10.6 Å². The Bertz CT molecular complexity index is 1330. The van der Waals surface area contributed by atoms with Crippen molar-refractivity contribution in [2.75, 3.05) is 16.4 Å². The Hall–Kier alpha value is -3.65. The lowest BCUT2D eigenvalue weighted by atomic mass is 10.1. The van der Waals surface area contributed by atoms with Gasteiger partial charge in [-0.15, -0.1) is 10.2 Å². The minimum atomic E-state index is -0.225. The highest BCUT2D eigenvalue weighted by Crippen LogP contribution is 2.23. The highest BCUT2D eigenvalue weighted by Gasteiger charge is 2.14. The molecule has 2 heterocycles. The number of anilines is 2. The number of fused-ring (bicyclic) bond motifs is 1. The number of pyridine rings is 1. The first-order valence-electron chi connectivity index (χ1n) is 10.7. The van der Waals surface area contributed by atoms with Crippen molar-refractivity contribution in [3.05, 3.63) is 83.0 Å². The average molecular weight is 460 g/mol. The Morgan fingerprint density at radius 3 is 2.61 bits per heavy atom. The fourth-order valence-electron chi connectivity index (χ4n) is 3.54.